The molecule has 1 heterocycles. The fourth-order valence-corrected chi connectivity index (χ4v) is 1.97. The van der Waals surface area contributed by atoms with Gasteiger partial charge in [0.15, 0.2) is 0 Å². The normalized spacial score (nSPS) is 22.3. The van der Waals surface area contributed by atoms with Gasteiger partial charge in [0.25, 0.3) is 0 Å². The molecular weight excluding hydrogens is 230 g/mol. The van der Waals surface area contributed by atoms with E-state index in [0.717, 1.165) is 11.3 Å². The van der Waals surface area contributed by atoms with Crippen LogP contribution in [0.1, 0.15) is 18.9 Å². The molecular formula is C14H15NO3. The van der Waals surface area contributed by atoms with Crippen LogP contribution in [0, 0.1) is 5.41 Å². The highest BCUT2D eigenvalue weighted by atomic mass is 16.7. The zero-order valence-corrected chi connectivity index (χ0v) is 10.5. The van der Waals surface area contributed by atoms with Crippen molar-refractivity contribution in [2.24, 2.45) is 10.6 Å². The smallest absolute Gasteiger partial charge is 0.347 e. The Morgan fingerprint density at radius 2 is 2.11 bits per heavy atom. The molecule has 0 aliphatic carbocycles. The lowest BCUT2D eigenvalue weighted by atomic mass is 9.79. The highest BCUT2D eigenvalue weighted by Gasteiger charge is 2.45. The molecule has 4 heteroatoms. The highest BCUT2D eigenvalue weighted by molar-refractivity contribution is 6.17. The van der Waals surface area contributed by atoms with E-state index in [1.165, 1.54) is 0 Å². The molecule has 94 valence electrons. The number of oxime groups is 1. The molecule has 0 amide bonds. The van der Waals surface area contributed by atoms with Gasteiger partial charge in [0.1, 0.15) is 16.9 Å². The maximum absolute atomic E-state index is 11.8. The quantitative estimate of drug-likeness (QED) is 0.605. The van der Waals surface area contributed by atoms with Gasteiger partial charge in [0.05, 0.1) is 7.11 Å². The van der Waals surface area contributed by atoms with Crippen molar-refractivity contribution in [2.45, 2.75) is 13.3 Å². The Hall–Kier alpha value is -2.10. The van der Waals surface area contributed by atoms with Crippen LogP contribution in [0.2, 0.25) is 0 Å². The number of rotatable bonds is 4. The van der Waals surface area contributed by atoms with E-state index in [9.17, 15) is 4.79 Å². The molecule has 0 saturated carbocycles. The standard InChI is InChI=1S/C14H15NO3/c1-4-9-14(2)12(15-18-13(14)16)10-5-7-11(17-3)8-6-10/h4-8H,1,9H2,2-3H3. The van der Waals surface area contributed by atoms with Crippen molar-refractivity contribution in [3.8, 4) is 5.75 Å². The molecule has 2 rings (SSSR count). The van der Waals surface area contributed by atoms with Crippen LogP contribution in [0.3, 0.4) is 0 Å². The van der Waals surface area contributed by atoms with Crippen LogP contribution in [0.4, 0.5) is 0 Å². The predicted molar refractivity (Wildman–Crippen MR) is 68.5 cm³/mol. The molecule has 1 aromatic carbocycles. The molecule has 18 heavy (non-hydrogen) atoms. The predicted octanol–water partition coefficient (Wildman–Crippen LogP) is 2.54. The van der Waals surface area contributed by atoms with Gasteiger partial charge in [-0.15, -0.1) is 6.58 Å². The molecule has 0 bridgehead atoms. The first kappa shape index (κ1) is 12.4. The first-order valence-electron chi connectivity index (χ1n) is 5.67. The summed E-state index contributed by atoms with van der Waals surface area (Å²) in [6, 6.07) is 7.38. The summed E-state index contributed by atoms with van der Waals surface area (Å²) in [4.78, 5) is 16.6. The van der Waals surface area contributed by atoms with Gasteiger partial charge < -0.3 is 9.57 Å². The number of hydrogen-bond donors (Lipinski definition) is 0. The number of allylic oxidation sites excluding steroid dienone is 1. The Balaban J connectivity index is 2.36. The average molecular weight is 245 g/mol. The van der Waals surface area contributed by atoms with E-state index < -0.39 is 5.41 Å². The maximum Gasteiger partial charge on any atom is 0.347 e. The highest BCUT2D eigenvalue weighted by Crippen LogP contribution is 2.34. The molecule has 0 N–H and O–H groups in total. The van der Waals surface area contributed by atoms with Gasteiger partial charge in [-0.1, -0.05) is 11.2 Å². The summed E-state index contributed by atoms with van der Waals surface area (Å²) in [5.41, 5.74) is 0.733. The zero-order valence-electron chi connectivity index (χ0n) is 10.5. The lowest BCUT2D eigenvalue weighted by molar-refractivity contribution is -0.147. The lowest BCUT2D eigenvalue weighted by Gasteiger charge is -2.19. The minimum atomic E-state index is -0.754. The summed E-state index contributed by atoms with van der Waals surface area (Å²) >= 11 is 0. The first-order valence-corrected chi connectivity index (χ1v) is 5.67. The van der Waals surface area contributed by atoms with Crippen LogP contribution in [0.15, 0.2) is 42.1 Å². The van der Waals surface area contributed by atoms with Crippen molar-refractivity contribution in [3.05, 3.63) is 42.5 Å². The Labute approximate surface area is 106 Å². The second-order valence-corrected chi connectivity index (χ2v) is 4.37. The van der Waals surface area contributed by atoms with Crippen LogP contribution in [-0.4, -0.2) is 18.8 Å². The van der Waals surface area contributed by atoms with E-state index in [-0.39, 0.29) is 5.97 Å². The molecule has 0 saturated heterocycles. The summed E-state index contributed by atoms with van der Waals surface area (Å²) in [5.74, 6) is 0.420. The molecule has 0 spiro atoms. The Morgan fingerprint density at radius 3 is 2.67 bits per heavy atom. The van der Waals surface area contributed by atoms with E-state index in [4.69, 9.17) is 9.57 Å². The summed E-state index contributed by atoms with van der Waals surface area (Å²) in [5, 5.41) is 3.89. The van der Waals surface area contributed by atoms with Gasteiger partial charge in [0, 0.05) is 5.56 Å². The van der Waals surface area contributed by atoms with Crippen LogP contribution >= 0.6 is 0 Å². The van der Waals surface area contributed by atoms with E-state index in [1.54, 1.807) is 13.2 Å². The third kappa shape index (κ3) is 1.90. The monoisotopic (exact) mass is 245 g/mol. The van der Waals surface area contributed by atoms with Gasteiger partial charge in [0.2, 0.25) is 0 Å². The Morgan fingerprint density at radius 1 is 1.44 bits per heavy atom. The van der Waals surface area contributed by atoms with E-state index in [0.29, 0.717) is 12.1 Å². The summed E-state index contributed by atoms with van der Waals surface area (Å²) in [7, 11) is 1.61. The van der Waals surface area contributed by atoms with Crippen molar-refractivity contribution in [1.29, 1.82) is 0 Å². The van der Waals surface area contributed by atoms with Crippen LogP contribution in [-0.2, 0) is 9.63 Å². The second-order valence-electron chi connectivity index (χ2n) is 4.37. The van der Waals surface area contributed by atoms with Gasteiger partial charge >= 0.3 is 5.97 Å². The summed E-state index contributed by atoms with van der Waals surface area (Å²) in [6.45, 7) is 5.49. The number of hydrogen-bond acceptors (Lipinski definition) is 4. The fourth-order valence-electron chi connectivity index (χ4n) is 1.97. The molecule has 1 aliphatic rings. The molecule has 1 unspecified atom stereocenters. The Bertz CT molecular complexity index is 504. The fraction of sp³-hybridized carbons (Fsp3) is 0.286. The van der Waals surface area contributed by atoms with Crippen LogP contribution in [0.25, 0.3) is 0 Å². The van der Waals surface area contributed by atoms with Gasteiger partial charge in [-0.25, -0.2) is 4.79 Å². The van der Waals surface area contributed by atoms with Crippen LogP contribution in [0.5, 0.6) is 5.75 Å². The lowest BCUT2D eigenvalue weighted by Crippen LogP contribution is -2.32. The third-order valence-corrected chi connectivity index (χ3v) is 3.11. The first-order chi connectivity index (χ1) is 8.61. The van der Waals surface area contributed by atoms with Crippen molar-refractivity contribution >= 4 is 11.7 Å². The molecule has 0 fully saturated rings. The third-order valence-electron chi connectivity index (χ3n) is 3.11. The molecule has 0 aromatic heterocycles. The Kier molecular flexibility index (Phi) is 3.19. The van der Waals surface area contributed by atoms with E-state index >= 15 is 0 Å². The topological polar surface area (TPSA) is 47.9 Å². The van der Waals surface area contributed by atoms with Gasteiger partial charge in [-0.05, 0) is 37.6 Å². The van der Waals surface area contributed by atoms with E-state index in [2.05, 4.69) is 11.7 Å². The SMILES string of the molecule is C=CCC1(C)C(=O)ON=C1c1ccc(OC)cc1. The second kappa shape index (κ2) is 4.64. The minimum Gasteiger partial charge on any atom is -0.497 e. The maximum atomic E-state index is 11.8. The number of benzene rings is 1. The number of methoxy groups -OCH3 is 1. The van der Waals surface area contributed by atoms with Crippen molar-refractivity contribution in [1.82, 2.24) is 0 Å². The number of ether oxygens (including phenoxy) is 1. The minimum absolute atomic E-state index is 0.340. The molecule has 0 radical (unpaired) electrons. The summed E-state index contributed by atoms with van der Waals surface area (Å²) < 4.78 is 5.10. The number of nitrogens with zero attached hydrogens (tertiary/aromatic N) is 1. The van der Waals surface area contributed by atoms with Gasteiger partial charge in [-0.2, -0.15) is 0 Å². The molecule has 4 nitrogen and oxygen atoms in total. The number of carbonyl (C=O) groups excluding carboxylic acids is 1. The summed E-state index contributed by atoms with van der Waals surface area (Å²) in [6.07, 6.45) is 2.20. The molecule has 1 aliphatic heterocycles. The largest absolute Gasteiger partial charge is 0.497 e. The van der Waals surface area contributed by atoms with Crippen molar-refractivity contribution in [3.63, 3.8) is 0 Å². The average Bonchev–Trinajstić information content (AvgIpc) is 2.67. The van der Waals surface area contributed by atoms with E-state index in [1.807, 2.05) is 31.2 Å². The van der Waals surface area contributed by atoms with Crippen molar-refractivity contribution < 1.29 is 14.4 Å². The zero-order chi connectivity index (χ0) is 13.2. The van der Waals surface area contributed by atoms with Crippen molar-refractivity contribution in [2.75, 3.05) is 7.11 Å². The van der Waals surface area contributed by atoms with Gasteiger partial charge in [-0.3, -0.25) is 0 Å². The van der Waals surface area contributed by atoms with Crippen LogP contribution < -0.4 is 4.74 Å². The molecule has 1 aromatic rings. The molecule has 1 atom stereocenters. The number of carbonyl (C=O) groups is 1.